The van der Waals surface area contributed by atoms with E-state index in [1.807, 2.05) is 0 Å². The van der Waals surface area contributed by atoms with Crippen LogP contribution < -0.4 is 5.56 Å². The number of rotatable bonds is 3. The second-order valence-corrected chi connectivity index (χ2v) is 7.40. The number of halogens is 3. The SMILES string of the molecule is Cn1ncc2c3[nH]n(-c4ccc(C(=O)O)cc4)c(=O)c3c(-c3cccc(C(F)(F)F)c3)nc21. The average molecular weight is 453 g/mol. The average Bonchev–Trinajstić information content (AvgIpc) is 3.33. The van der Waals surface area contributed by atoms with Gasteiger partial charge in [-0.15, -0.1) is 0 Å². The maximum absolute atomic E-state index is 13.4. The van der Waals surface area contributed by atoms with E-state index in [0.29, 0.717) is 22.2 Å². The van der Waals surface area contributed by atoms with Crippen molar-refractivity contribution in [3.8, 4) is 16.9 Å². The number of pyridine rings is 1. The van der Waals surface area contributed by atoms with Crippen LogP contribution in [0.2, 0.25) is 0 Å². The van der Waals surface area contributed by atoms with E-state index in [1.54, 1.807) is 7.05 Å². The fourth-order valence-corrected chi connectivity index (χ4v) is 3.74. The smallest absolute Gasteiger partial charge is 0.416 e. The summed E-state index contributed by atoms with van der Waals surface area (Å²) in [6.07, 6.45) is -3.05. The van der Waals surface area contributed by atoms with Gasteiger partial charge in [0.15, 0.2) is 5.65 Å². The van der Waals surface area contributed by atoms with Crippen molar-refractivity contribution in [3.63, 3.8) is 0 Å². The molecule has 0 atom stereocenters. The van der Waals surface area contributed by atoms with Gasteiger partial charge in [-0.25, -0.2) is 14.5 Å². The molecular weight excluding hydrogens is 439 g/mol. The molecule has 0 saturated heterocycles. The van der Waals surface area contributed by atoms with Crippen molar-refractivity contribution in [2.45, 2.75) is 6.18 Å². The molecule has 0 spiro atoms. The Bertz CT molecular complexity index is 1610. The van der Waals surface area contributed by atoms with Crippen LogP contribution in [0.3, 0.4) is 0 Å². The molecule has 0 saturated carbocycles. The first-order valence-electron chi connectivity index (χ1n) is 9.63. The Labute approximate surface area is 182 Å². The summed E-state index contributed by atoms with van der Waals surface area (Å²) >= 11 is 0. The highest BCUT2D eigenvalue weighted by molar-refractivity contribution is 6.07. The molecule has 0 unspecified atom stereocenters. The summed E-state index contributed by atoms with van der Waals surface area (Å²) in [5, 5.41) is 16.9. The van der Waals surface area contributed by atoms with Gasteiger partial charge in [-0.05, 0) is 36.4 Å². The molecule has 5 rings (SSSR count). The first kappa shape index (κ1) is 20.5. The van der Waals surface area contributed by atoms with Crippen molar-refractivity contribution in [3.05, 3.63) is 76.2 Å². The Balaban J connectivity index is 1.82. The van der Waals surface area contributed by atoms with E-state index in [4.69, 9.17) is 5.11 Å². The summed E-state index contributed by atoms with van der Waals surface area (Å²) in [5.41, 5.74) is -0.0647. The lowest BCUT2D eigenvalue weighted by Crippen LogP contribution is -2.15. The van der Waals surface area contributed by atoms with Gasteiger partial charge in [0.05, 0.1) is 45.0 Å². The molecule has 0 amide bonds. The number of aryl methyl sites for hydroxylation is 1. The number of nitrogens with zero attached hydrogens (tertiary/aromatic N) is 4. The van der Waals surface area contributed by atoms with Gasteiger partial charge in [0, 0.05) is 12.6 Å². The highest BCUT2D eigenvalue weighted by Crippen LogP contribution is 2.34. The van der Waals surface area contributed by atoms with Gasteiger partial charge in [0.1, 0.15) is 0 Å². The molecule has 2 N–H and O–H groups in total. The number of carboxylic acids is 1. The van der Waals surface area contributed by atoms with Crippen molar-refractivity contribution < 1.29 is 23.1 Å². The molecule has 0 aliphatic heterocycles. The molecule has 3 heterocycles. The van der Waals surface area contributed by atoms with E-state index >= 15 is 0 Å². The predicted molar refractivity (Wildman–Crippen MR) is 113 cm³/mol. The minimum Gasteiger partial charge on any atom is -0.478 e. The molecule has 3 aromatic heterocycles. The summed E-state index contributed by atoms with van der Waals surface area (Å²) in [6.45, 7) is 0. The number of alkyl halides is 3. The number of fused-ring (bicyclic) bond motifs is 3. The molecule has 11 heteroatoms. The molecule has 0 fully saturated rings. The van der Waals surface area contributed by atoms with Crippen LogP contribution in [0.1, 0.15) is 15.9 Å². The van der Waals surface area contributed by atoms with Crippen molar-refractivity contribution >= 4 is 27.9 Å². The Morgan fingerprint density at radius 1 is 1.12 bits per heavy atom. The minimum absolute atomic E-state index is 0.0453. The number of hydrogen-bond donors (Lipinski definition) is 2. The molecule has 0 bridgehead atoms. The molecule has 33 heavy (non-hydrogen) atoms. The van der Waals surface area contributed by atoms with Crippen LogP contribution >= 0.6 is 0 Å². The van der Waals surface area contributed by atoms with E-state index in [2.05, 4.69) is 15.2 Å². The predicted octanol–water partition coefficient (Wildman–Crippen LogP) is 3.98. The van der Waals surface area contributed by atoms with Gasteiger partial charge >= 0.3 is 12.1 Å². The number of aromatic amines is 1. The van der Waals surface area contributed by atoms with E-state index < -0.39 is 23.3 Å². The normalized spacial score (nSPS) is 12.0. The van der Waals surface area contributed by atoms with Crippen molar-refractivity contribution in [1.82, 2.24) is 24.5 Å². The second-order valence-electron chi connectivity index (χ2n) is 7.40. The third-order valence-electron chi connectivity index (χ3n) is 5.36. The number of aromatic nitrogens is 5. The van der Waals surface area contributed by atoms with Gasteiger partial charge < -0.3 is 5.11 Å². The number of nitrogens with one attached hydrogen (secondary N) is 1. The minimum atomic E-state index is -4.56. The van der Waals surface area contributed by atoms with Crippen LogP contribution in [0, 0.1) is 0 Å². The van der Waals surface area contributed by atoms with Crippen LogP contribution in [0.15, 0.2) is 59.5 Å². The van der Waals surface area contributed by atoms with Crippen LogP contribution in [-0.4, -0.2) is 35.6 Å². The summed E-state index contributed by atoms with van der Waals surface area (Å²) in [4.78, 5) is 29.0. The lowest BCUT2D eigenvalue weighted by atomic mass is 10.0. The number of H-pyrrole nitrogens is 1. The first-order chi connectivity index (χ1) is 15.6. The Hall–Kier alpha value is -4.41. The Morgan fingerprint density at radius 2 is 1.85 bits per heavy atom. The Kier molecular flexibility index (Phi) is 4.38. The molecule has 0 radical (unpaired) electrons. The fraction of sp³-hybridized carbons (Fsp3) is 0.0909. The zero-order chi connectivity index (χ0) is 23.5. The summed E-state index contributed by atoms with van der Waals surface area (Å²) in [5.74, 6) is -1.11. The standard InChI is InChI=1S/C22H14F3N5O3/c1-29-19-15(10-26-29)18-16(17(27-19)12-3-2-4-13(9-12)22(23,24)25)20(31)30(28-18)14-7-5-11(6-8-14)21(32)33/h2-10,28H,1H3,(H,32,33). The molecule has 166 valence electrons. The van der Waals surface area contributed by atoms with Crippen molar-refractivity contribution in [1.29, 1.82) is 0 Å². The highest BCUT2D eigenvalue weighted by Gasteiger charge is 2.31. The Morgan fingerprint density at radius 3 is 2.52 bits per heavy atom. The van der Waals surface area contributed by atoms with Gasteiger partial charge in [0.2, 0.25) is 0 Å². The molecule has 8 nitrogen and oxygen atoms in total. The number of carbonyl (C=O) groups is 1. The summed E-state index contributed by atoms with van der Waals surface area (Å²) < 4.78 is 42.6. The van der Waals surface area contributed by atoms with Crippen LogP contribution in [0.5, 0.6) is 0 Å². The third-order valence-corrected chi connectivity index (χ3v) is 5.36. The lowest BCUT2D eigenvalue weighted by molar-refractivity contribution is -0.137. The van der Waals surface area contributed by atoms with E-state index in [-0.39, 0.29) is 22.2 Å². The van der Waals surface area contributed by atoms with Crippen molar-refractivity contribution in [2.24, 2.45) is 7.05 Å². The topological polar surface area (TPSA) is 106 Å². The number of aromatic carboxylic acids is 1. The number of carboxylic acid groups (broad SMARTS) is 1. The van der Waals surface area contributed by atoms with E-state index in [1.165, 1.54) is 52.0 Å². The summed E-state index contributed by atoms with van der Waals surface area (Å²) in [6, 6.07) is 10.2. The van der Waals surface area contributed by atoms with Crippen LogP contribution in [0.25, 0.3) is 38.9 Å². The second kappa shape index (κ2) is 7.05. The first-order valence-corrected chi connectivity index (χ1v) is 9.63. The van der Waals surface area contributed by atoms with Gasteiger partial charge in [-0.2, -0.15) is 18.3 Å². The lowest BCUT2D eigenvalue weighted by Gasteiger charge is -2.09. The monoisotopic (exact) mass is 453 g/mol. The molecular formula is C22H14F3N5O3. The van der Waals surface area contributed by atoms with E-state index in [0.717, 1.165) is 12.1 Å². The largest absolute Gasteiger partial charge is 0.478 e. The van der Waals surface area contributed by atoms with E-state index in [9.17, 15) is 22.8 Å². The molecule has 0 aliphatic rings. The quantitative estimate of drug-likeness (QED) is 0.430. The molecule has 0 aliphatic carbocycles. The number of hydrogen-bond acceptors (Lipinski definition) is 4. The third kappa shape index (κ3) is 3.25. The van der Waals surface area contributed by atoms with Gasteiger partial charge in [-0.3, -0.25) is 14.6 Å². The zero-order valence-electron chi connectivity index (χ0n) is 16.9. The fourth-order valence-electron chi connectivity index (χ4n) is 3.74. The van der Waals surface area contributed by atoms with Gasteiger partial charge in [0.25, 0.3) is 5.56 Å². The zero-order valence-corrected chi connectivity index (χ0v) is 16.9. The summed E-state index contributed by atoms with van der Waals surface area (Å²) in [7, 11) is 1.64. The molecule has 5 aromatic rings. The molecule has 2 aromatic carbocycles. The number of benzene rings is 2. The van der Waals surface area contributed by atoms with Gasteiger partial charge in [-0.1, -0.05) is 12.1 Å². The van der Waals surface area contributed by atoms with Crippen molar-refractivity contribution in [2.75, 3.05) is 0 Å². The maximum Gasteiger partial charge on any atom is 0.416 e. The van der Waals surface area contributed by atoms with Crippen LogP contribution in [0.4, 0.5) is 13.2 Å². The highest BCUT2D eigenvalue weighted by atomic mass is 19.4. The maximum atomic E-state index is 13.4. The van der Waals surface area contributed by atoms with Crippen LogP contribution in [-0.2, 0) is 13.2 Å².